The lowest BCUT2D eigenvalue weighted by Crippen LogP contribution is -1.98. The van der Waals surface area contributed by atoms with Gasteiger partial charge in [0.15, 0.2) is 0 Å². The van der Waals surface area contributed by atoms with Gasteiger partial charge in [-0.2, -0.15) is 0 Å². The lowest BCUT2D eigenvalue weighted by Gasteiger charge is -2.10. The van der Waals surface area contributed by atoms with Crippen molar-refractivity contribution in [2.45, 2.75) is 19.8 Å². The summed E-state index contributed by atoms with van der Waals surface area (Å²) in [4.78, 5) is 18.4. The van der Waals surface area contributed by atoms with Crippen LogP contribution in [-0.2, 0) is 6.42 Å². The van der Waals surface area contributed by atoms with E-state index >= 15 is 0 Å². The smallest absolute Gasteiger partial charge is 0.274 e. The summed E-state index contributed by atoms with van der Waals surface area (Å²) in [6, 6.07) is 4.35. The first kappa shape index (κ1) is 15.7. The quantitative estimate of drug-likeness (QED) is 0.437. The zero-order valence-electron chi connectivity index (χ0n) is 11.0. The van der Waals surface area contributed by atoms with Crippen molar-refractivity contribution < 1.29 is 9.66 Å². The van der Waals surface area contributed by atoms with E-state index in [1.54, 1.807) is 6.07 Å². The number of non-ortho nitro benzene ring substituents is 1. The molecule has 0 aliphatic carbocycles. The Labute approximate surface area is 134 Å². The Morgan fingerprint density at radius 2 is 2.14 bits per heavy atom. The van der Waals surface area contributed by atoms with Gasteiger partial charge in [0.05, 0.1) is 16.6 Å². The summed E-state index contributed by atoms with van der Waals surface area (Å²) in [5, 5.41) is 11.2. The minimum atomic E-state index is -0.489. The number of rotatable bonds is 5. The van der Waals surface area contributed by atoms with Gasteiger partial charge in [-0.15, -0.1) is 0 Å². The summed E-state index contributed by atoms with van der Waals surface area (Å²) < 4.78 is 6.19. The molecule has 0 aliphatic heterocycles. The molecule has 1 aromatic carbocycles. The number of ether oxygens (including phenoxy) is 1. The molecule has 1 heterocycles. The van der Waals surface area contributed by atoms with Crippen molar-refractivity contribution in [3.8, 4) is 11.6 Å². The number of hydrogen-bond donors (Lipinski definition) is 0. The molecule has 0 saturated heterocycles. The summed E-state index contributed by atoms with van der Waals surface area (Å²) in [5.41, 5.74) is 0.612. The van der Waals surface area contributed by atoms with E-state index in [1.165, 1.54) is 18.5 Å². The van der Waals surface area contributed by atoms with Gasteiger partial charge in [0.1, 0.15) is 17.2 Å². The summed E-state index contributed by atoms with van der Waals surface area (Å²) >= 11 is 9.25. The molecule has 0 saturated carbocycles. The minimum absolute atomic E-state index is 0.0726. The van der Waals surface area contributed by atoms with Gasteiger partial charge in [0, 0.05) is 10.5 Å². The highest BCUT2D eigenvalue weighted by atomic mass is 79.9. The molecule has 0 atom stereocenters. The number of aromatic nitrogens is 2. The van der Waals surface area contributed by atoms with Gasteiger partial charge in [0.25, 0.3) is 5.69 Å². The Balaban J connectivity index is 2.38. The van der Waals surface area contributed by atoms with E-state index in [9.17, 15) is 10.1 Å². The lowest BCUT2D eigenvalue weighted by molar-refractivity contribution is -0.385. The molecule has 0 fully saturated rings. The van der Waals surface area contributed by atoms with E-state index in [2.05, 4.69) is 25.9 Å². The van der Waals surface area contributed by atoms with Gasteiger partial charge in [0.2, 0.25) is 5.88 Å². The Bertz CT molecular complexity index is 682. The maximum Gasteiger partial charge on any atom is 0.274 e. The van der Waals surface area contributed by atoms with E-state index in [0.717, 1.165) is 6.42 Å². The number of nitro benzene ring substituents is 1. The fraction of sp³-hybridized carbons (Fsp3) is 0.231. The van der Waals surface area contributed by atoms with Crippen molar-refractivity contribution in [2.75, 3.05) is 0 Å². The monoisotopic (exact) mass is 371 g/mol. The van der Waals surface area contributed by atoms with E-state index in [4.69, 9.17) is 16.3 Å². The molecule has 0 radical (unpaired) electrons. The van der Waals surface area contributed by atoms with Gasteiger partial charge in [-0.05, 0) is 12.5 Å². The van der Waals surface area contributed by atoms with Gasteiger partial charge in [-0.1, -0.05) is 40.9 Å². The molecule has 6 nitrogen and oxygen atoms in total. The second-order valence-electron chi connectivity index (χ2n) is 4.20. The second-order valence-corrected chi connectivity index (χ2v) is 5.48. The number of nitrogens with zero attached hydrogens (tertiary/aromatic N) is 3. The molecule has 1 aromatic heterocycles. The largest absolute Gasteiger partial charge is 0.438 e. The molecule has 0 unspecified atom stereocenters. The van der Waals surface area contributed by atoms with Gasteiger partial charge < -0.3 is 4.74 Å². The number of nitro groups is 1. The Morgan fingerprint density at radius 3 is 2.81 bits per heavy atom. The predicted octanol–water partition coefficient (Wildman–Crippen LogP) is 4.55. The Hall–Kier alpha value is -1.73. The van der Waals surface area contributed by atoms with E-state index in [1.807, 2.05) is 6.92 Å². The van der Waals surface area contributed by atoms with Crippen LogP contribution in [0.15, 0.2) is 29.0 Å². The number of halogens is 2. The molecule has 2 rings (SSSR count). The summed E-state index contributed by atoms with van der Waals surface area (Å²) in [5.74, 6) is 0.618. The van der Waals surface area contributed by atoms with Crippen LogP contribution in [0, 0.1) is 10.1 Å². The highest BCUT2D eigenvalue weighted by Gasteiger charge is 2.14. The minimum Gasteiger partial charge on any atom is -0.438 e. The topological polar surface area (TPSA) is 78.2 Å². The SMILES string of the molecule is CCCc1c(Cl)ncnc1Oc1cc(Br)cc([N+](=O)[O-])c1. The van der Waals surface area contributed by atoms with Crippen LogP contribution in [0.3, 0.4) is 0 Å². The van der Waals surface area contributed by atoms with E-state index < -0.39 is 4.92 Å². The van der Waals surface area contributed by atoms with E-state index in [0.29, 0.717) is 33.2 Å². The summed E-state index contributed by atoms with van der Waals surface area (Å²) in [6.45, 7) is 2.00. The first-order chi connectivity index (χ1) is 10.0. The third-order valence-electron chi connectivity index (χ3n) is 2.63. The Morgan fingerprint density at radius 1 is 1.38 bits per heavy atom. The van der Waals surface area contributed by atoms with Crippen LogP contribution in [0.4, 0.5) is 5.69 Å². The van der Waals surface area contributed by atoms with E-state index in [-0.39, 0.29) is 5.69 Å². The molecule has 0 spiro atoms. The molecule has 21 heavy (non-hydrogen) atoms. The van der Waals surface area contributed by atoms with Crippen LogP contribution in [0.1, 0.15) is 18.9 Å². The molecule has 0 N–H and O–H groups in total. The molecule has 0 amide bonds. The maximum absolute atomic E-state index is 10.9. The van der Waals surface area contributed by atoms with Crippen LogP contribution in [0.5, 0.6) is 11.6 Å². The average Bonchev–Trinajstić information content (AvgIpc) is 2.42. The fourth-order valence-electron chi connectivity index (χ4n) is 1.75. The highest BCUT2D eigenvalue weighted by Crippen LogP contribution is 2.32. The van der Waals surface area contributed by atoms with Crippen LogP contribution < -0.4 is 4.74 Å². The van der Waals surface area contributed by atoms with Crippen LogP contribution >= 0.6 is 27.5 Å². The molecule has 0 aliphatic rings. The highest BCUT2D eigenvalue weighted by molar-refractivity contribution is 9.10. The normalized spacial score (nSPS) is 10.4. The van der Waals surface area contributed by atoms with Gasteiger partial charge in [-0.3, -0.25) is 10.1 Å². The van der Waals surface area contributed by atoms with Crippen molar-refractivity contribution in [1.29, 1.82) is 0 Å². The fourth-order valence-corrected chi connectivity index (χ4v) is 2.43. The molecular weight excluding hydrogens is 362 g/mol. The third-order valence-corrected chi connectivity index (χ3v) is 3.42. The third kappa shape index (κ3) is 3.89. The number of benzene rings is 1. The molecule has 110 valence electrons. The first-order valence-electron chi connectivity index (χ1n) is 6.13. The van der Waals surface area contributed by atoms with Crippen LogP contribution in [-0.4, -0.2) is 14.9 Å². The summed E-state index contributed by atoms with van der Waals surface area (Å²) in [7, 11) is 0. The second kappa shape index (κ2) is 6.82. The lowest BCUT2D eigenvalue weighted by atomic mass is 10.2. The molecular formula is C13H11BrClN3O3. The first-order valence-corrected chi connectivity index (χ1v) is 7.30. The maximum atomic E-state index is 10.9. The standard InChI is InChI=1S/C13H11BrClN3O3/c1-2-3-11-12(15)16-7-17-13(11)21-10-5-8(14)4-9(6-10)18(19)20/h4-7H,2-3H2,1H3. The van der Waals surface area contributed by atoms with Gasteiger partial charge >= 0.3 is 0 Å². The average molecular weight is 373 g/mol. The molecule has 0 bridgehead atoms. The van der Waals surface area contributed by atoms with Crippen molar-refractivity contribution >= 4 is 33.2 Å². The van der Waals surface area contributed by atoms with Gasteiger partial charge in [-0.25, -0.2) is 9.97 Å². The van der Waals surface area contributed by atoms with Crippen molar-refractivity contribution in [3.63, 3.8) is 0 Å². The number of hydrogen-bond acceptors (Lipinski definition) is 5. The van der Waals surface area contributed by atoms with Crippen molar-refractivity contribution in [2.24, 2.45) is 0 Å². The molecule has 2 aromatic rings. The summed E-state index contributed by atoms with van der Waals surface area (Å²) in [6.07, 6.45) is 2.80. The van der Waals surface area contributed by atoms with Crippen molar-refractivity contribution in [1.82, 2.24) is 9.97 Å². The predicted molar refractivity (Wildman–Crippen MR) is 81.9 cm³/mol. The molecule has 8 heteroatoms. The van der Waals surface area contributed by atoms with Crippen molar-refractivity contribution in [3.05, 3.63) is 49.8 Å². The zero-order chi connectivity index (χ0) is 15.4. The van der Waals surface area contributed by atoms with Crippen LogP contribution in [0.25, 0.3) is 0 Å². The zero-order valence-corrected chi connectivity index (χ0v) is 13.4. The Kier molecular flexibility index (Phi) is 5.08. The van der Waals surface area contributed by atoms with Crippen LogP contribution in [0.2, 0.25) is 5.15 Å².